The van der Waals surface area contributed by atoms with E-state index in [1.807, 2.05) is 12.1 Å². The molecule has 0 bridgehead atoms. The predicted octanol–water partition coefficient (Wildman–Crippen LogP) is 3.79. The van der Waals surface area contributed by atoms with Gasteiger partial charge in [-0.05, 0) is 43.0 Å². The number of H-pyrrole nitrogens is 1. The minimum Gasteiger partial charge on any atom is -0.353 e. The van der Waals surface area contributed by atoms with E-state index in [9.17, 15) is 14.5 Å². The lowest BCUT2D eigenvalue weighted by Crippen LogP contribution is -2.90. The molecule has 0 saturated heterocycles. The fourth-order valence-corrected chi connectivity index (χ4v) is 4.27. The van der Waals surface area contributed by atoms with E-state index < -0.39 is 0 Å². The average Bonchev–Trinajstić information content (AvgIpc) is 3.02. The first-order valence-electron chi connectivity index (χ1n) is 9.40. The lowest BCUT2D eigenvalue weighted by Gasteiger charge is -2.24. The van der Waals surface area contributed by atoms with E-state index >= 15 is 0 Å². The van der Waals surface area contributed by atoms with Crippen molar-refractivity contribution in [3.05, 3.63) is 75.2 Å². The molecule has 4 rings (SSSR count). The molecule has 0 radical (unpaired) electrons. The van der Waals surface area contributed by atoms with Gasteiger partial charge in [-0.15, -0.1) is 0 Å². The van der Waals surface area contributed by atoms with Crippen molar-refractivity contribution in [2.45, 2.75) is 44.7 Å². The van der Waals surface area contributed by atoms with Gasteiger partial charge in [-0.2, -0.15) is 0 Å². The van der Waals surface area contributed by atoms with Crippen LogP contribution in [0.4, 0.5) is 10.1 Å². The summed E-state index contributed by atoms with van der Waals surface area (Å²) in [7, 11) is 0. The summed E-state index contributed by atoms with van der Waals surface area (Å²) < 4.78 is 13.9. The van der Waals surface area contributed by atoms with Crippen LogP contribution < -0.4 is 5.32 Å². The lowest BCUT2D eigenvalue weighted by atomic mass is 9.91. The number of halogens is 1. The van der Waals surface area contributed by atoms with Crippen LogP contribution in [0.3, 0.4) is 0 Å². The van der Waals surface area contributed by atoms with E-state index in [2.05, 4.69) is 17.2 Å². The summed E-state index contributed by atoms with van der Waals surface area (Å²) in [6.07, 6.45) is 3.70. The number of aromatic amines is 1. The molecule has 27 heavy (non-hydrogen) atoms. The Labute approximate surface area is 156 Å². The zero-order chi connectivity index (χ0) is 19.0. The van der Waals surface area contributed by atoms with Crippen molar-refractivity contribution in [1.82, 2.24) is 4.98 Å². The number of hydrogen-bond donors (Lipinski definition) is 2. The number of fused-ring (bicyclic) bond motifs is 3. The van der Waals surface area contributed by atoms with Gasteiger partial charge in [-0.3, -0.25) is 10.1 Å². The summed E-state index contributed by atoms with van der Waals surface area (Å²) in [6.45, 7) is 2.12. The number of non-ortho nitro benzene ring substituents is 1. The molecule has 0 spiro atoms. The monoisotopic (exact) mass is 368 g/mol. The second-order valence-corrected chi connectivity index (χ2v) is 7.47. The first kappa shape index (κ1) is 17.7. The number of aromatic nitrogens is 1. The Morgan fingerprint density at radius 3 is 2.93 bits per heavy atom. The van der Waals surface area contributed by atoms with Crippen LogP contribution in [0.5, 0.6) is 0 Å². The SMILES string of the molecule is C[C@H](Cc1ccccc1F)[NH2+][C@@H]1CCCc2c1[nH]c1ccc([N+](=O)[O-])cc21. The van der Waals surface area contributed by atoms with Crippen LogP contribution in [0.25, 0.3) is 10.9 Å². The van der Waals surface area contributed by atoms with Crippen LogP contribution in [0.15, 0.2) is 42.5 Å². The number of nitrogens with two attached hydrogens (primary N) is 1. The molecule has 6 heteroatoms. The highest BCUT2D eigenvalue weighted by molar-refractivity contribution is 5.87. The highest BCUT2D eigenvalue weighted by Gasteiger charge is 2.29. The van der Waals surface area contributed by atoms with Crippen molar-refractivity contribution in [2.24, 2.45) is 0 Å². The third-order valence-electron chi connectivity index (χ3n) is 5.51. The number of aryl methyl sites for hydroxylation is 1. The summed E-state index contributed by atoms with van der Waals surface area (Å²) >= 11 is 0. The maximum Gasteiger partial charge on any atom is 0.270 e. The molecule has 2 aromatic carbocycles. The van der Waals surface area contributed by atoms with Gasteiger partial charge in [0, 0.05) is 35.9 Å². The molecule has 1 heterocycles. The molecule has 0 fully saturated rings. The molecule has 1 aromatic heterocycles. The maximum atomic E-state index is 13.9. The van der Waals surface area contributed by atoms with Crippen LogP contribution >= 0.6 is 0 Å². The standard InChI is InChI=1S/C21H22FN3O2/c1-13(11-14-5-2-3-7-18(14)22)23-20-8-4-6-16-17-12-15(25(26)27)9-10-19(17)24-21(16)20/h2-3,5,7,9-10,12-13,20,23-24H,4,6,8,11H2,1H3/p+1/t13-,20-/m1/s1. The Bertz CT molecular complexity index is 998. The van der Waals surface area contributed by atoms with Crippen LogP contribution in [0, 0.1) is 15.9 Å². The largest absolute Gasteiger partial charge is 0.353 e. The second-order valence-electron chi connectivity index (χ2n) is 7.47. The molecule has 0 amide bonds. The van der Waals surface area contributed by atoms with Crippen molar-refractivity contribution < 1.29 is 14.6 Å². The van der Waals surface area contributed by atoms with Gasteiger partial charge in [-0.1, -0.05) is 18.2 Å². The van der Waals surface area contributed by atoms with Crippen molar-refractivity contribution in [1.29, 1.82) is 0 Å². The lowest BCUT2D eigenvalue weighted by molar-refractivity contribution is -0.726. The Balaban J connectivity index is 1.58. The number of benzene rings is 2. The van der Waals surface area contributed by atoms with Gasteiger partial charge in [0.05, 0.1) is 16.7 Å². The molecular formula is C21H23FN3O2+. The van der Waals surface area contributed by atoms with Crippen LogP contribution in [0.2, 0.25) is 0 Å². The van der Waals surface area contributed by atoms with E-state index in [-0.39, 0.29) is 28.5 Å². The highest BCUT2D eigenvalue weighted by Crippen LogP contribution is 2.34. The molecule has 0 saturated carbocycles. The summed E-state index contributed by atoms with van der Waals surface area (Å²) in [6, 6.07) is 12.4. The zero-order valence-electron chi connectivity index (χ0n) is 15.2. The second kappa shape index (κ2) is 7.12. The maximum absolute atomic E-state index is 13.9. The Hall–Kier alpha value is -2.73. The minimum atomic E-state index is -0.345. The van der Waals surface area contributed by atoms with E-state index in [1.54, 1.807) is 24.3 Å². The van der Waals surface area contributed by atoms with Gasteiger partial charge >= 0.3 is 0 Å². The molecular weight excluding hydrogens is 345 g/mol. The third kappa shape index (κ3) is 3.45. The van der Waals surface area contributed by atoms with Gasteiger partial charge in [0.15, 0.2) is 0 Å². The van der Waals surface area contributed by atoms with Gasteiger partial charge < -0.3 is 10.3 Å². The number of nitrogens with zero attached hydrogens (tertiary/aromatic N) is 1. The van der Waals surface area contributed by atoms with Gasteiger partial charge in [0.2, 0.25) is 0 Å². The molecule has 3 N–H and O–H groups in total. The van der Waals surface area contributed by atoms with E-state index in [0.29, 0.717) is 6.42 Å². The molecule has 140 valence electrons. The fraction of sp³-hybridized carbons (Fsp3) is 0.333. The summed E-state index contributed by atoms with van der Waals surface area (Å²) in [5, 5.41) is 14.4. The number of rotatable bonds is 5. The van der Waals surface area contributed by atoms with Gasteiger partial charge in [-0.25, -0.2) is 4.39 Å². The Kier molecular flexibility index (Phi) is 4.66. The summed E-state index contributed by atoms with van der Waals surface area (Å²) in [4.78, 5) is 14.2. The molecule has 1 aliphatic carbocycles. The van der Waals surface area contributed by atoms with Crippen LogP contribution in [-0.4, -0.2) is 15.9 Å². The van der Waals surface area contributed by atoms with E-state index in [4.69, 9.17) is 0 Å². The molecule has 3 aromatic rings. The number of nitro groups is 1. The molecule has 5 nitrogen and oxygen atoms in total. The highest BCUT2D eigenvalue weighted by atomic mass is 19.1. The van der Waals surface area contributed by atoms with Crippen LogP contribution in [-0.2, 0) is 12.8 Å². The van der Waals surface area contributed by atoms with Crippen LogP contribution in [0.1, 0.15) is 42.6 Å². The van der Waals surface area contributed by atoms with Crippen molar-refractivity contribution in [2.75, 3.05) is 0 Å². The Morgan fingerprint density at radius 2 is 2.15 bits per heavy atom. The fourth-order valence-electron chi connectivity index (χ4n) is 4.27. The van der Waals surface area contributed by atoms with E-state index in [0.717, 1.165) is 41.4 Å². The molecule has 0 unspecified atom stereocenters. The first-order valence-corrected chi connectivity index (χ1v) is 9.40. The van der Waals surface area contributed by atoms with Gasteiger partial charge in [0.25, 0.3) is 5.69 Å². The molecule has 0 aliphatic heterocycles. The van der Waals surface area contributed by atoms with E-state index in [1.165, 1.54) is 11.6 Å². The quantitative estimate of drug-likeness (QED) is 0.531. The minimum absolute atomic E-state index is 0.128. The first-order chi connectivity index (χ1) is 13.0. The number of nitrogens with one attached hydrogen (secondary N) is 1. The smallest absolute Gasteiger partial charge is 0.270 e. The predicted molar refractivity (Wildman–Crippen MR) is 102 cm³/mol. The van der Waals surface area contributed by atoms with Crippen molar-refractivity contribution in [3.63, 3.8) is 0 Å². The normalized spacial score (nSPS) is 17.6. The summed E-state index contributed by atoms with van der Waals surface area (Å²) in [5.74, 6) is -0.153. The van der Waals surface area contributed by atoms with Gasteiger partial charge in [0.1, 0.15) is 11.9 Å². The van der Waals surface area contributed by atoms with Crippen molar-refractivity contribution in [3.8, 4) is 0 Å². The molecule has 1 aliphatic rings. The third-order valence-corrected chi connectivity index (χ3v) is 5.51. The molecule has 2 atom stereocenters. The number of nitro benzene ring substituents is 1. The zero-order valence-corrected chi connectivity index (χ0v) is 15.2. The number of hydrogen-bond acceptors (Lipinski definition) is 2. The summed E-state index contributed by atoms with van der Waals surface area (Å²) in [5.41, 5.74) is 4.18. The topological polar surface area (TPSA) is 75.5 Å². The van der Waals surface area contributed by atoms with Crippen molar-refractivity contribution >= 4 is 16.6 Å². The Morgan fingerprint density at radius 1 is 1.33 bits per heavy atom. The average molecular weight is 368 g/mol. The number of quaternary nitrogens is 1.